The van der Waals surface area contributed by atoms with E-state index < -0.39 is 5.97 Å². The zero-order valence-electron chi connectivity index (χ0n) is 14.7. The van der Waals surface area contributed by atoms with Crippen LogP contribution in [0, 0.1) is 18.8 Å². The normalized spacial score (nSPS) is 10.0. The predicted octanol–water partition coefficient (Wildman–Crippen LogP) is 2.47. The smallest absolute Gasteiger partial charge is 0.337 e. The minimum absolute atomic E-state index is 0.0780. The highest BCUT2D eigenvalue weighted by Crippen LogP contribution is 2.12. The number of rotatable bonds is 3. The van der Waals surface area contributed by atoms with Crippen molar-refractivity contribution in [1.82, 2.24) is 14.8 Å². The van der Waals surface area contributed by atoms with Crippen LogP contribution in [0.25, 0.3) is 0 Å². The molecular formula is C20H16N4O3. The van der Waals surface area contributed by atoms with Gasteiger partial charge in [-0.2, -0.15) is 5.10 Å². The van der Waals surface area contributed by atoms with E-state index in [1.54, 1.807) is 37.4 Å². The van der Waals surface area contributed by atoms with Gasteiger partial charge < -0.3 is 10.4 Å². The lowest BCUT2D eigenvalue weighted by Crippen LogP contribution is -2.16. The van der Waals surface area contributed by atoms with Crippen LogP contribution in [-0.2, 0) is 7.05 Å². The van der Waals surface area contributed by atoms with E-state index in [2.05, 4.69) is 27.2 Å². The van der Waals surface area contributed by atoms with Gasteiger partial charge in [0.25, 0.3) is 5.91 Å². The van der Waals surface area contributed by atoms with Crippen LogP contribution in [0.4, 0.5) is 5.69 Å². The molecule has 0 saturated heterocycles. The highest BCUT2D eigenvalue weighted by atomic mass is 16.4. The molecule has 0 fully saturated rings. The first-order valence-electron chi connectivity index (χ1n) is 8.05. The van der Waals surface area contributed by atoms with Gasteiger partial charge >= 0.3 is 5.97 Å². The number of amides is 1. The summed E-state index contributed by atoms with van der Waals surface area (Å²) in [6.07, 6.45) is 2.76. The first-order chi connectivity index (χ1) is 12.9. The number of pyridine rings is 1. The van der Waals surface area contributed by atoms with Crippen LogP contribution in [0.5, 0.6) is 0 Å². The van der Waals surface area contributed by atoms with Crippen molar-refractivity contribution < 1.29 is 14.7 Å². The lowest BCUT2D eigenvalue weighted by molar-refractivity contribution is 0.0696. The molecule has 0 aliphatic heterocycles. The molecule has 0 spiro atoms. The van der Waals surface area contributed by atoms with Crippen LogP contribution in [0.15, 0.2) is 48.8 Å². The molecule has 0 unspecified atom stereocenters. The maximum absolute atomic E-state index is 12.4. The summed E-state index contributed by atoms with van der Waals surface area (Å²) in [6, 6.07) is 10.2. The number of nitrogens with zero attached hydrogens (tertiary/aromatic N) is 3. The molecular weight excluding hydrogens is 344 g/mol. The van der Waals surface area contributed by atoms with Gasteiger partial charge in [-0.3, -0.25) is 14.5 Å². The predicted molar refractivity (Wildman–Crippen MR) is 99.5 cm³/mol. The Morgan fingerprint density at radius 2 is 1.89 bits per heavy atom. The molecule has 2 N–H and O–H groups in total. The van der Waals surface area contributed by atoms with Crippen molar-refractivity contribution in [3.8, 4) is 11.8 Å². The molecule has 0 saturated carbocycles. The number of hydrogen-bond donors (Lipinski definition) is 2. The monoisotopic (exact) mass is 360 g/mol. The van der Waals surface area contributed by atoms with E-state index in [-0.39, 0.29) is 11.5 Å². The first-order valence-corrected chi connectivity index (χ1v) is 8.05. The van der Waals surface area contributed by atoms with Gasteiger partial charge in [0.15, 0.2) is 0 Å². The molecule has 0 bridgehead atoms. The molecule has 7 nitrogen and oxygen atoms in total. The van der Waals surface area contributed by atoms with Crippen molar-refractivity contribution in [2.24, 2.45) is 7.05 Å². The van der Waals surface area contributed by atoms with Crippen molar-refractivity contribution in [2.75, 3.05) is 5.32 Å². The molecule has 3 aromatic rings. The van der Waals surface area contributed by atoms with E-state index >= 15 is 0 Å². The Labute approximate surface area is 155 Å². The zero-order valence-corrected chi connectivity index (χ0v) is 14.7. The van der Waals surface area contributed by atoms with E-state index in [9.17, 15) is 9.59 Å². The summed E-state index contributed by atoms with van der Waals surface area (Å²) in [5.41, 5.74) is 3.07. The number of nitrogens with one attached hydrogen (secondary N) is 1. The number of carbonyl (C=O) groups excluding carboxylic acids is 1. The number of aryl methyl sites for hydroxylation is 2. The highest BCUT2D eigenvalue weighted by molar-refractivity contribution is 6.03. The average Bonchev–Trinajstić information content (AvgIpc) is 2.99. The number of carbonyl (C=O) groups is 2. The Kier molecular flexibility index (Phi) is 4.99. The zero-order chi connectivity index (χ0) is 19.4. The summed E-state index contributed by atoms with van der Waals surface area (Å²) in [5, 5.41) is 16.0. The van der Waals surface area contributed by atoms with E-state index in [1.807, 2.05) is 6.92 Å². The molecule has 27 heavy (non-hydrogen) atoms. The van der Waals surface area contributed by atoms with Gasteiger partial charge in [-0.1, -0.05) is 17.9 Å². The minimum Gasteiger partial charge on any atom is -0.478 e. The van der Waals surface area contributed by atoms with Gasteiger partial charge in [0.2, 0.25) is 0 Å². The molecule has 2 heterocycles. The summed E-state index contributed by atoms with van der Waals surface area (Å²) in [5.74, 6) is 4.51. The third kappa shape index (κ3) is 4.38. The topological polar surface area (TPSA) is 97.1 Å². The van der Waals surface area contributed by atoms with E-state index in [4.69, 9.17) is 5.11 Å². The van der Waals surface area contributed by atoms with E-state index in [1.165, 1.54) is 23.1 Å². The fraction of sp³-hybridized carbons (Fsp3) is 0.100. The summed E-state index contributed by atoms with van der Waals surface area (Å²) < 4.78 is 1.52. The lowest BCUT2D eigenvalue weighted by Gasteiger charge is -2.05. The summed E-state index contributed by atoms with van der Waals surface area (Å²) >= 11 is 0. The van der Waals surface area contributed by atoms with E-state index in [0.717, 1.165) is 5.69 Å². The van der Waals surface area contributed by atoms with Gasteiger partial charge in [-0.15, -0.1) is 0 Å². The van der Waals surface area contributed by atoms with Gasteiger partial charge in [0.1, 0.15) is 5.69 Å². The number of aromatic nitrogens is 3. The molecule has 0 aliphatic rings. The van der Waals surface area contributed by atoms with Crippen molar-refractivity contribution in [2.45, 2.75) is 6.92 Å². The van der Waals surface area contributed by atoms with Gasteiger partial charge in [-0.05, 0) is 37.3 Å². The average molecular weight is 360 g/mol. The number of carboxylic acids is 1. The largest absolute Gasteiger partial charge is 0.478 e. The van der Waals surface area contributed by atoms with Crippen LogP contribution in [0.2, 0.25) is 0 Å². The maximum Gasteiger partial charge on any atom is 0.337 e. The molecule has 1 amide bonds. The summed E-state index contributed by atoms with van der Waals surface area (Å²) in [6.45, 7) is 1.82. The molecule has 1 aromatic carbocycles. The first kappa shape index (κ1) is 17.9. The van der Waals surface area contributed by atoms with Crippen molar-refractivity contribution in [3.05, 3.63) is 76.9 Å². The number of benzene rings is 1. The molecule has 0 atom stereocenters. The fourth-order valence-electron chi connectivity index (χ4n) is 2.46. The molecule has 0 radical (unpaired) electrons. The SMILES string of the molecule is Cc1cc(C(=O)Nc2cccc(C#Cc3cncc(C(=O)O)c3)c2)n(C)n1. The second-order valence-electron chi connectivity index (χ2n) is 5.85. The highest BCUT2D eigenvalue weighted by Gasteiger charge is 2.12. The van der Waals surface area contributed by atoms with E-state index in [0.29, 0.717) is 22.5 Å². The number of hydrogen-bond acceptors (Lipinski definition) is 4. The number of aromatic carboxylic acids is 1. The fourth-order valence-corrected chi connectivity index (χ4v) is 2.46. The molecule has 2 aromatic heterocycles. The Morgan fingerprint density at radius 3 is 2.59 bits per heavy atom. The van der Waals surface area contributed by atoms with Crippen LogP contribution < -0.4 is 5.32 Å². The third-order valence-corrected chi connectivity index (χ3v) is 3.69. The maximum atomic E-state index is 12.4. The Balaban J connectivity index is 1.79. The Bertz CT molecular complexity index is 1090. The van der Waals surface area contributed by atoms with Crippen molar-refractivity contribution in [3.63, 3.8) is 0 Å². The molecule has 3 rings (SSSR count). The second kappa shape index (κ2) is 7.54. The summed E-state index contributed by atoms with van der Waals surface area (Å²) in [7, 11) is 1.71. The summed E-state index contributed by atoms with van der Waals surface area (Å²) in [4.78, 5) is 27.2. The second-order valence-corrected chi connectivity index (χ2v) is 5.85. The standard InChI is InChI=1S/C20H16N4O3/c1-13-8-18(24(2)23-13)19(25)22-17-5-3-4-14(10-17)6-7-15-9-16(20(26)27)12-21-11-15/h3-5,8-12H,1-2H3,(H,22,25)(H,26,27). The van der Waals surface area contributed by atoms with Gasteiger partial charge in [0.05, 0.1) is 11.3 Å². The molecule has 0 aliphatic carbocycles. The van der Waals surface area contributed by atoms with Crippen LogP contribution in [0.1, 0.15) is 37.7 Å². The van der Waals surface area contributed by atoms with Gasteiger partial charge in [-0.25, -0.2) is 4.79 Å². The van der Waals surface area contributed by atoms with Crippen LogP contribution in [0.3, 0.4) is 0 Å². The quantitative estimate of drug-likeness (QED) is 0.700. The Hall–Kier alpha value is -3.92. The van der Waals surface area contributed by atoms with Crippen molar-refractivity contribution >= 4 is 17.6 Å². The van der Waals surface area contributed by atoms with Crippen molar-refractivity contribution in [1.29, 1.82) is 0 Å². The number of anilines is 1. The third-order valence-electron chi connectivity index (χ3n) is 3.69. The van der Waals surface area contributed by atoms with Crippen LogP contribution >= 0.6 is 0 Å². The molecule has 134 valence electrons. The van der Waals surface area contributed by atoms with Crippen LogP contribution in [-0.4, -0.2) is 31.7 Å². The molecule has 7 heteroatoms. The lowest BCUT2D eigenvalue weighted by atomic mass is 10.1. The van der Waals surface area contributed by atoms with Gasteiger partial charge in [0, 0.05) is 36.3 Å². The Morgan fingerprint density at radius 1 is 1.11 bits per heavy atom. The minimum atomic E-state index is -1.05. The number of carboxylic acid groups (broad SMARTS) is 1.